The van der Waals surface area contributed by atoms with Crippen LogP contribution < -0.4 is 0 Å². The van der Waals surface area contributed by atoms with Crippen LogP contribution in [-0.4, -0.2) is 25.2 Å². The average Bonchev–Trinajstić information content (AvgIpc) is 2.49. The third-order valence-electron chi connectivity index (χ3n) is 3.67. The van der Waals surface area contributed by atoms with E-state index in [-0.39, 0.29) is 13.2 Å². The fourth-order valence-electron chi connectivity index (χ4n) is 2.53. The minimum Gasteiger partial charge on any atom is -0.346 e. The van der Waals surface area contributed by atoms with Crippen LogP contribution >= 0.6 is 0 Å². The molecule has 0 atom stereocenters. The molecule has 0 aliphatic carbocycles. The Morgan fingerprint density at radius 3 is 2.38 bits per heavy atom. The Balaban J connectivity index is 1.85. The van der Waals surface area contributed by atoms with Crippen molar-refractivity contribution in [2.45, 2.75) is 51.5 Å². The number of ether oxygens (including phenoxy) is 2. The number of hydrogen-bond acceptors (Lipinski definition) is 2. The summed E-state index contributed by atoms with van der Waals surface area (Å²) in [6, 6.07) is 8.45. The Bertz CT molecular complexity index is 445. The van der Waals surface area contributed by atoms with Gasteiger partial charge in [0.2, 0.25) is 0 Å². The van der Waals surface area contributed by atoms with E-state index in [4.69, 9.17) is 9.47 Å². The van der Waals surface area contributed by atoms with Crippen LogP contribution in [0, 0.1) is 0 Å². The third kappa shape index (κ3) is 4.94. The zero-order valence-corrected chi connectivity index (χ0v) is 13.0. The second-order valence-electron chi connectivity index (χ2n) is 5.74. The molecule has 1 heterocycles. The molecule has 1 aromatic rings. The summed E-state index contributed by atoms with van der Waals surface area (Å²) in [6.07, 6.45) is 6.92. The molecule has 21 heavy (non-hydrogen) atoms. The fraction of sp³-hybridized carbons (Fsp3) is 0.556. The molecule has 116 valence electrons. The maximum Gasteiger partial charge on any atom is 0.177 e. The van der Waals surface area contributed by atoms with Gasteiger partial charge in [0.15, 0.2) is 12.0 Å². The zero-order valence-electron chi connectivity index (χ0n) is 13.0. The topological polar surface area (TPSA) is 18.5 Å². The molecule has 0 unspecified atom stereocenters. The predicted octanol–water partition coefficient (Wildman–Crippen LogP) is 4.53. The van der Waals surface area contributed by atoms with Gasteiger partial charge in [-0.2, -0.15) is 0 Å². The molecule has 1 saturated heterocycles. The van der Waals surface area contributed by atoms with E-state index in [0.29, 0.717) is 6.42 Å². The van der Waals surface area contributed by atoms with E-state index in [0.717, 1.165) is 24.8 Å². The number of rotatable bonds is 6. The average molecular weight is 292 g/mol. The van der Waals surface area contributed by atoms with Crippen molar-refractivity contribution in [2.75, 3.05) is 13.2 Å². The number of alkyl halides is 1. The fourth-order valence-corrected chi connectivity index (χ4v) is 2.53. The van der Waals surface area contributed by atoms with Crippen molar-refractivity contribution in [3.63, 3.8) is 0 Å². The van der Waals surface area contributed by atoms with Gasteiger partial charge in [0.05, 0.1) is 13.2 Å². The van der Waals surface area contributed by atoms with Crippen LogP contribution in [0.4, 0.5) is 4.39 Å². The van der Waals surface area contributed by atoms with E-state index in [1.165, 1.54) is 5.56 Å². The van der Waals surface area contributed by atoms with Crippen LogP contribution in [-0.2, 0) is 15.9 Å². The molecule has 0 spiro atoms. The van der Waals surface area contributed by atoms with Gasteiger partial charge in [-0.05, 0) is 30.0 Å². The van der Waals surface area contributed by atoms with Gasteiger partial charge in [-0.3, -0.25) is 0 Å². The third-order valence-corrected chi connectivity index (χ3v) is 3.67. The second kappa shape index (κ2) is 7.71. The lowest BCUT2D eigenvalue weighted by Gasteiger charge is -2.32. The predicted molar refractivity (Wildman–Crippen MR) is 83.9 cm³/mol. The van der Waals surface area contributed by atoms with Crippen molar-refractivity contribution < 1.29 is 13.9 Å². The molecule has 0 N–H and O–H groups in total. The van der Waals surface area contributed by atoms with Crippen LogP contribution in [0.2, 0.25) is 0 Å². The van der Waals surface area contributed by atoms with Crippen molar-refractivity contribution in [2.24, 2.45) is 0 Å². The van der Waals surface area contributed by atoms with Crippen LogP contribution in [0.3, 0.4) is 0 Å². The Hall–Kier alpha value is -1.19. The van der Waals surface area contributed by atoms with E-state index in [1.54, 1.807) is 0 Å². The Morgan fingerprint density at radius 1 is 1.14 bits per heavy atom. The van der Waals surface area contributed by atoms with Gasteiger partial charge in [-0.25, -0.2) is 4.39 Å². The highest BCUT2D eigenvalue weighted by atomic mass is 19.1. The molecule has 1 aliphatic rings. The lowest BCUT2D eigenvalue weighted by Crippen LogP contribution is -2.43. The monoisotopic (exact) mass is 292 g/mol. The van der Waals surface area contributed by atoms with Crippen molar-refractivity contribution in [1.29, 1.82) is 0 Å². The highest BCUT2D eigenvalue weighted by Crippen LogP contribution is 2.25. The molecule has 0 amide bonds. The summed E-state index contributed by atoms with van der Waals surface area (Å²) in [6.45, 7) is 4.38. The second-order valence-corrected chi connectivity index (χ2v) is 5.74. The summed E-state index contributed by atoms with van der Waals surface area (Å²) < 4.78 is 25.0. The Labute approximate surface area is 127 Å². The van der Waals surface area contributed by atoms with Gasteiger partial charge < -0.3 is 9.47 Å². The molecule has 0 radical (unpaired) electrons. The highest BCUT2D eigenvalue weighted by molar-refractivity contribution is 5.50. The first-order valence-electron chi connectivity index (χ1n) is 7.84. The van der Waals surface area contributed by atoms with Crippen LogP contribution in [0.1, 0.15) is 44.2 Å². The summed E-state index contributed by atoms with van der Waals surface area (Å²) >= 11 is 0. The van der Waals surface area contributed by atoms with Gasteiger partial charge in [-0.15, -0.1) is 0 Å². The molecule has 2 rings (SSSR count). The molecule has 0 saturated carbocycles. The quantitative estimate of drug-likeness (QED) is 0.766. The van der Waals surface area contributed by atoms with E-state index >= 15 is 0 Å². The van der Waals surface area contributed by atoms with E-state index in [9.17, 15) is 4.39 Å². The molecule has 3 heteroatoms. The minimum absolute atomic E-state index is 0.116. The summed E-state index contributed by atoms with van der Waals surface area (Å²) in [5.41, 5.74) is 1.13. The van der Waals surface area contributed by atoms with E-state index < -0.39 is 12.0 Å². The summed E-state index contributed by atoms with van der Waals surface area (Å²) in [7, 11) is 0. The first kappa shape index (κ1) is 16.2. The van der Waals surface area contributed by atoms with Crippen LogP contribution in [0.5, 0.6) is 0 Å². The first-order chi connectivity index (χ1) is 10.1. The Morgan fingerprint density at radius 2 is 1.81 bits per heavy atom. The number of halogens is 1. The molecular formula is C18H25FO2. The lowest BCUT2D eigenvalue weighted by atomic mass is 10.0. The number of benzene rings is 1. The van der Waals surface area contributed by atoms with Crippen LogP contribution in [0.15, 0.2) is 30.3 Å². The van der Waals surface area contributed by atoms with Crippen molar-refractivity contribution >= 4 is 6.08 Å². The molecule has 0 aromatic heterocycles. The highest BCUT2D eigenvalue weighted by Gasteiger charge is 2.35. The SMILES string of the molecule is CCCc1ccc(/C=C/C2OCC(F)(CCC)CO2)cc1. The minimum atomic E-state index is -1.32. The van der Waals surface area contributed by atoms with E-state index in [2.05, 4.69) is 31.2 Å². The molecule has 1 aliphatic heterocycles. The molecule has 1 fully saturated rings. The van der Waals surface area contributed by atoms with Crippen LogP contribution in [0.25, 0.3) is 6.08 Å². The van der Waals surface area contributed by atoms with Gasteiger partial charge in [-0.1, -0.05) is 57.0 Å². The number of hydrogen-bond donors (Lipinski definition) is 0. The smallest absolute Gasteiger partial charge is 0.177 e. The normalized spacial score (nSPS) is 26.3. The van der Waals surface area contributed by atoms with Crippen molar-refractivity contribution in [1.82, 2.24) is 0 Å². The zero-order chi connectivity index (χ0) is 15.1. The first-order valence-corrected chi connectivity index (χ1v) is 7.84. The standard InChI is InChI=1S/C18H25FO2/c1-3-5-15-6-8-16(9-7-15)10-11-17-20-13-18(19,12-4-2)14-21-17/h6-11,17H,3-5,12-14H2,1-2H3/b11-10+. The molecule has 1 aromatic carbocycles. The summed E-state index contributed by atoms with van der Waals surface area (Å²) in [5.74, 6) is 0. The van der Waals surface area contributed by atoms with Crippen molar-refractivity contribution in [3.8, 4) is 0 Å². The molecular weight excluding hydrogens is 267 g/mol. The van der Waals surface area contributed by atoms with Gasteiger partial charge >= 0.3 is 0 Å². The summed E-state index contributed by atoms with van der Waals surface area (Å²) in [5, 5.41) is 0. The van der Waals surface area contributed by atoms with Gasteiger partial charge in [0, 0.05) is 0 Å². The largest absolute Gasteiger partial charge is 0.346 e. The maximum absolute atomic E-state index is 14.2. The Kier molecular flexibility index (Phi) is 5.95. The molecule has 0 bridgehead atoms. The van der Waals surface area contributed by atoms with Gasteiger partial charge in [0.1, 0.15) is 0 Å². The summed E-state index contributed by atoms with van der Waals surface area (Å²) in [4.78, 5) is 0. The van der Waals surface area contributed by atoms with Gasteiger partial charge in [0.25, 0.3) is 0 Å². The lowest BCUT2D eigenvalue weighted by molar-refractivity contribution is -0.212. The number of aryl methyl sites for hydroxylation is 1. The molecule has 2 nitrogen and oxygen atoms in total. The maximum atomic E-state index is 14.2. The van der Waals surface area contributed by atoms with Crippen molar-refractivity contribution in [3.05, 3.63) is 41.5 Å². The van der Waals surface area contributed by atoms with E-state index in [1.807, 2.05) is 19.1 Å².